The van der Waals surface area contributed by atoms with E-state index in [9.17, 15) is 14.4 Å². The molecule has 2 atom stereocenters. The fraction of sp³-hybridized carbons (Fsp3) is 0.324. The third-order valence-corrected chi connectivity index (χ3v) is 9.05. The van der Waals surface area contributed by atoms with Crippen LogP contribution in [0.1, 0.15) is 84.2 Å². The molecule has 0 bridgehead atoms. The van der Waals surface area contributed by atoms with E-state index in [0.29, 0.717) is 23.6 Å². The van der Waals surface area contributed by atoms with Gasteiger partial charge in [-0.05, 0) is 65.8 Å². The van der Waals surface area contributed by atoms with Gasteiger partial charge in [0.05, 0.1) is 5.69 Å². The highest BCUT2D eigenvalue weighted by atomic mass is 16.2. The molecule has 2 fully saturated rings. The Hall–Kier alpha value is -4.39. The number of amides is 4. The number of aromatic nitrogens is 1. The number of para-hydroxylation sites is 1. The molecule has 41 heavy (non-hydrogen) atoms. The molecule has 0 spiro atoms. The quantitative estimate of drug-likeness (QED) is 0.282. The van der Waals surface area contributed by atoms with Crippen LogP contribution in [-0.4, -0.2) is 39.8 Å². The van der Waals surface area contributed by atoms with Crippen LogP contribution in [0.2, 0.25) is 0 Å². The molecule has 1 saturated carbocycles. The molecule has 4 amide bonds. The van der Waals surface area contributed by atoms with Crippen molar-refractivity contribution in [1.82, 2.24) is 15.2 Å². The van der Waals surface area contributed by atoms with E-state index in [0.717, 1.165) is 53.4 Å². The molecule has 1 aliphatic carbocycles. The summed E-state index contributed by atoms with van der Waals surface area (Å²) < 4.78 is 0. The molecule has 2 N–H and O–H groups in total. The summed E-state index contributed by atoms with van der Waals surface area (Å²) in [5.41, 5.74) is 6.25. The number of urea groups is 1. The minimum absolute atomic E-state index is 0.116. The normalized spacial score (nSPS) is 20.7. The monoisotopic (exact) mass is 546 g/mol. The number of benzene rings is 3. The molecule has 1 saturated heterocycles. The zero-order valence-corrected chi connectivity index (χ0v) is 23.4. The third-order valence-electron chi connectivity index (χ3n) is 9.05. The van der Waals surface area contributed by atoms with Gasteiger partial charge in [-0.25, -0.2) is 9.69 Å². The van der Waals surface area contributed by atoms with Crippen molar-refractivity contribution in [2.24, 2.45) is 0 Å². The highest BCUT2D eigenvalue weighted by Gasteiger charge is 2.53. The number of hydrogen-bond acceptors (Lipinski definition) is 3. The lowest BCUT2D eigenvalue weighted by Crippen LogP contribution is -2.44. The smallest absolute Gasteiger partial charge is 0.332 e. The summed E-state index contributed by atoms with van der Waals surface area (Å²) in [6, 6.07) is 22.2. The summed E-state index contributed by atoms with van der Waals surface area (Å²) in [7, 11) is 0. The van der Waals surface area contributed by atoms with E-state index in [4.69, 9.17) is 0 Å². The largest absolute Gasteiger partial charge is 0.356 e. The van der Waals surface area contributed by atoms with Gasteiger partial charge >= 0.3 is 6.03 Å². The zero-order valence-electron chi connectivity index (χ0n) is 23.4. The molecule has 2 aliphatic heterocycles. The van der Waals surface area contributed by atoms with Crippen LogP contribution in [0.4, 0.5) is 10.5 Å². The van der Waals surface area contributed by atoms with Gasteiger partial charge < -0.3 is 10.3 Å². The second-order valence-electron chi connectivity index (χ2n) is 11.9. The Kier molecular flexibility index (Phi) is 6.18. The molecule has 3 aliphatic rings. The molecule has 0 unspecified atom stereocenters. The molecule has 0 radical (unpaired) electrons. The molecule has 3 heterocycles. The fourth-order valence-electron chi connectivity index (χ4n) is 6.82. The average Bonchev–Trinajstić information content (AvgIpc) is 3.69. The van der Waals surface area contributed by atoms with Crippen LogP contribution in [0.25, 0.3) is 10.9 Å². The standard InChI is InChI=1S/C34H34N4O3/c1-20(2)21-11-13-22(14-12-21)31-30-27(26-9-5-6-10-28(26)36-30)19-29-33(40)37(34(41)38(29)31)25-17-15-23(16-18-25)32(39)35-24-7-3-4-8-24/h5-6,9-18,20,24,29,31,36H,3-4,7-8,19H2,1-2H3,(H,35,39)/t29-,31+/m0/s1. The Labute approximate surface area is 239 Å². The molecule has 7 heteroatoms. The van der Waals surface area contributed by atoms with E-state index in [2.05, 4.69) is 54.5 Å². The number of carbonyl (C=O) groups is 3. The Morgan fingerprint density at radius 2 is 1.63 bits per heavy atom. The van der Waals surface area contributed by atoms with Gasteiger partial charge in [0.15, 0.2) is 0 Å². The van der Waals surface area contributed by atoms with Crippen molar-refractivity contribution in [3.8, 4) is 0 Å². The van der Waals surface area contributed by atoms with Crippen LogP contribution in [-0.2, 0) is 11.2 Å². The number of nitrogens with zero attached hydrogens (tertiary/aromatic N) is 2. The highest BCUT2D eigenvalue weighted by molar-refractivity contribution is 6.22. The minimum Gasteiger partial charge on any atom is -0.356 e. The van der Waals surface area contributed by atoms with Crippen molar-refractivity contribution in [2.75, 3.05) is 4.90 Å². The number of rotatable bonds is 5. The molecule has 1 aromatic heterocycles. The number of carbonyl (C=O) groups excluding carboxylic acids is 3. The predicted octanol–water partition coefficient (Wildman–Crippen LogP) is 6.45. The number of imide groups is 1. The third kappa shape index (κ3) is 4.22. The van der Waals surface area contributed by atoms with Crippen molar-refractivity contribution in [2.45, 2.75) is 70.0 Å². The molecule has 4 aromatic rings. The van der Waals surface area contributed by atoms with Crippen LogP contribution in [0, 0.1) is 0 Å². The maximum absolute atomic E-state index is 14.1. The first-order valence-corrected chi connectivity index (χ1v) is 14.7. The van der Waals surface area contributed by atoms with E-state index in [1.165, 1.54) is 10.5 Å². The van der Waals surface area contributed by atoms with E-state index in [1.54, 1.807) is 29.2 Å². The molecule has 3 aromatic carbocycles. The van der Waals surface area contributed by atoms with Crippen molar-refractivity contribution < 1.29 is 14.4 Å². The van der Waals surface area contributed by atoms with E-state index >= 15 is 0 Å². The lowest BCUT2D eigenvalue weighted by Gasteiger charge is -2.36. The van der Waals surface area contributed by atoms with E-state index in [1.807, 2.05) is 18.2 Å². The van der Waals surface area contributed by atoms with E-state index in [-0.39, 0.29) is 23.9 Å². The highest BCUT2D eigenvalue weighted by Crippen LogP contribution is 2.45. The minimum atomic E-state index is -0.616. The fourth-order valence-corrected chi connectivity index (χ4v) is 6.82. The van der Waals surface area contributed by atoms with Crippen molar-refractivity contribution in [3.05, 3.63) is 101 Å². The van der Waals surface area contributed by atoms with Crippen molar-refractivity contribution in [3.63, 3.8) is 0 Å². The van der Waals surface area contributed by atoms with Gasteiger partial charge in [0, 0.05) is 34.6 Å². The van der Waals surface area contributed by atoms with Crippen LogP contribution in [0.15, 0.2) is 72.8 Å². The Morgan fingerprint density at radius 1 is 0.927 bits per heavy atom. The predicted molar refractivity (Wildman–Crippen MR) is 159 cm³/mol. The second-order valence-corrected chi connectivity index (χ2v) is 11.9. The van der Waals surface area contributed by atoms with Crippen LogP contribution < -0.4 is 10.2 Å². The van der Waals surface area contributed by atoms with Gasteiger partial charge in [-0.15, -0.1) is 0 Å². The van der Waals surface area contributed by atoms with Crippen LogP contribution >= 0.6 is 0 Å². The summed E-state index contributed by atoms with van der Waals surface area (Å²) in [5.74, 6) is 0.0357. The molecule has 7 nitrogen and oxygen atoms in total. The van der Waals surface area contributed by atoms with Crippen molar-refractivity contribution >= 4 is 34.4 Å². The number of hydrogen-bond donors (Lipinski definition) is 2. The molecular weight excluding hydrogens is 512 g/mol. The van der Waals surface area contributed by atoms with E-state index < -0.39 is 12.1 Å². The van der Waals surface area contributed by atoms with Gasteiger partial charge in [0.25, 0.3) is 11.8 Å². The molecular formula is C34H34N4O3. The molecule has 7 rings (SSSR count). The van der Waals surface area contributed by atoms with Crippen molar-refractivity contribution in [1.29, 1.82) is 0 Å². The number of anilines is 1. The Balaban J connectivity index is 1.24. The summed E-state index contributed by atoms with van der Waals surface area (Å²) in [5, 5.41) is 4.19. The lowest BCUT2D eigenvalue weighted by atomic mass is 9.88. The van der Waals surface area contributed by atoms with Gasteiger partial charge in [0.2, 0.25) is 0 Å². The zero-order chi connectivity index (χ0) is 28.2. The molecule has 208 valence electrons. The van der Waals surface area contributed by atoms with Crippen LogP contribution in [0.5, 0.6) is 0 Å². The SMILES string of the molecule is CC(C)c1ccc([C@@H]2c3[nH]c4ccccc4c3C[C@H]3C(=O)N(c4ccc(C(=O)NC5CCCC5)cc4)C(=O)N23)cc1. The van der Waals surface area contributed by atoms with Gasteiger partial charge in [-0.2, -0.15) is 0 Å². The first-order chi connectivity index (χ1) is 19.9. The van der Waals surface area contributed by atoms with Gasteiger partial charge in [-0.3, -0.25) is 14.5 Å². The summed E-state index contributed by atoms with van der Waals surface area (Å²) in [6.45, 7) is 4.32. The first kappa shape index (κ1) is 25.6. The number of fused-ring (bicyclic) bond motifs is 4. The second kappa shape index (κ2) is 9.91. The number of aromatic amines is 1. The first-order valence-electron chi connectivity index (χ1n) is 14.7. The maximum Gasteiger partial charge on any atom is 0.332 e. The lowest BCUT2D eigenvalue weighted by molar-refractivity contribution is -0.120. The summed E-state index contributed by atoms with van der Waals surface area (Å²) >= 11 is 0. The number of nitrogens with one attached hydrogen (secondary N) is 2. The summed E-state index contributed by atoms with van der Waals surface area (Å²) in [6.07, 6.45) is 4.75. The maximum atomic E-state index is 14.1. The average molecular weight is 547 g/mol. The van der Waals surface area contributed by atoms with Gasteiger partial charge in [0.1, 0.15) is 12.1 Å². The van der Waals surface area contributed by atoms with Gasteiger partial charge in [-0.1, -0.05) is 69.2 Å². The van der Waals surface area contributed by atoms with Crippen LogP contribution in [0.3, 0.4) is 0 Å². The topological polar surface area (TPSA) is 85.5 Å². The number of H-pyrrole nitrogens is 1. The Bertz CT molecular complexity index is 1650. The summed E-state index contributed by atoms with van der Waals surface area (Å²) in [4.78, 5) is 47.5. The Morgan fingerprint density at radius 3 is 2.34 bits per heavy atom.